The number of hydrogen-bond donors (Lipinski definition) is 0. The molecule has 4 aromatic rings. The van der Waals surface area contributed by atoms with E-state index < -0.39 is 5.60 Å². The molecule has 0 aliphatic carbocycles. The number of amides is 2. The van der Waals surface area contributed by atoms with Crippen LogP contribution in [0.3, 0.4) is 0 Å². The fraction of sp³-hybridized carbons (Fsp3) is 0.529. The van der Waals surface area contributed by atoms with Gasteiger partial charge in [-0.1, -0.05) is 38.5 Å². The SMILES string of the molecule is Brc1ccn2cncc2c1.CC(C)(C)OC(=O)N1CCC(I)CC1.CC(C)(C)OC(=O)N1CCC(c2ccn3cncc3c2)CC1. The molecule has 0 atom stereocenters. The Morgan fingerprint density at radius 3 is 1.72 bits per heavy atom. The number of hydrogen-bond acceptors (Lipinski definition) is 6. The van der Waals surface area contributed by atoms with Gasteiger partial charge in [0.1, 0.15) is 11.2 Å². The van der Waals surface area contributed by atoms with Crippen LogP contribution in [0.1, 0.15) is 78.7 Å². The van der Waals surface area contributed by atoms with Gasteiger partial charge in [0.05, 0.1) is 36.1 Å². The monoisotopic (exact) mass is 808 g/mol. The van der Waals surface area contributed by atoms with E-state index in [-0.39, 0.29) is 17.8 Å². The average Bonchev–Trinajstić information content (AvgIpc) is 3.65. The van der Waals surface area contributed by atoms with E-state index in [1.54, 1.807) is 11.2 Å². The topological polar surface area (TPSA) is 93.7 Å². The second-order valence-electron chi connectivity index (χ2n) is 13.6. The highest BCUT2D eigenvalue weighted by atomic mass is 127. The van der Waals surface area contributed by atoms with Crippen molar-refractivity contribution in [1.82, 2.24) is 28.6 Å². The van der Waals surface area contributed by atoms with Crippen molar-refractivity contribution in [2.45, 2.75) is 88.3 Å². The Labute approximate surface area is 294 Å². The molecule has 0 unspecified atom stereocenters. The van der Waals surface area contributed by atoms with E-state index in [2.05, 4.69) is 66.8 Å². The smallest absolute Gasteiger partial charge is 0.410 e. The number of carbonyl (C=O) groups is 2. The van der Waals surface area contributed by atoms with Gasteiger partial charge in [-0.3, -0.25) is 0 Å². The molecule has 250 valence electrons. The molecule has 0 bridgehead atoms. The molecule has 46 heavy (non-hydrogen) atoms. The maximum atomic E-state index is 12.1. The molecule has 12 heteroatoms. The van der Waals surface area contributed by atoms with Crippen LogP contribution < -0.4 is 0 Å². The number of pyridine rings is 2. The summed E-state index contributed by atoms with van der Waals surface area (Å²) >= 11 is 5.82. The van der Waals surface area contributed by atoms with Crippen LogP contribution >= 0.6 is 38.5 Å². The Balaban J connectivity index is 0.000000171. The van der Waals surface area contributed by atoms with Crippen molar-refractivity contribution in [1.29, 1.82) is 0 Å². The third-order valence-corrected chi connectivity index (χ3v) is 9.25. The quantitative estimate of drug-likeness (QED) is 0.142. The van der Waals surface area contributed by atoms with Gasteiger partial charge in [0.25, 0.3) is 0 Å². The van der Waals surface area contributed by atoms with Crippen molar-refractivity contribution >= 4 is 61.7 Å². The molecule has 0 radical (unpaired) electrons. The molecular formula is C34H46BrIN6O4. The Bertz CT molecular complexity index is 1580. The molecule has 0 spiro atoms. The van der Waals surface area contributed by atoms with E-state index in [1.165, 1.54) is 5.56 Å². The molecule has 2 aliphatic rings. The van der Waals surface area contributed by atoms with Gasteiger partial charge in [0, 0.05) is 47.0 Å². The van der Waals surface area contributed by atoms with Crippen molar-refractivity contribution in [3.05, 3.63) is 71.7 Å². The summed E-state index contributed by atoms with van der Waals surface area (Å²) in [5.74, 6) is 0.499. The highest BCUT2D eigenvalue weighted by Crippen LogP contribution is 2.29. The van der Waals surface area contributed by atoms with E-state index in [0.29, 0.717) is 9.84 Å². The van der Waals surface area contributed by atoms with Crippen LogP contribution in [0.4, 0.5) is 9.59 Å². The molecular weight excluding hydrogens is 763 g/mol. The van der Waals surface area contributed by atoms with Crippen LogP contribution in [-0.2, 0) is 9.47 Å². The van der Waals surface area contributed by atoms with Gasteiger partial charge in [-0.15, -0.1) is 0 Å². The Kier molecular flexibility index (Phi) is 12.4. The van der Waals surface area contributed by atoms with Crippen molar-refractivity contribution in [3.63, 3.8) is 0 Å². The highest BCUT2D eigenvalue weighted by Gasteiger charge is 2.28. The lowest BCUT2D eigenvalue weighted by atomic mass is 9.90. The summed E-state index contributed by atoms with van der Waals surface area (Å²) in [5, 5.41) is 0. The first-order valence-electron chi connectivity index (χ1n) is 15.8. The van der Waals surface area contributed by atoms with Crippen molar-refractivity contribution in [2.24, 2.45) is 0 Å². The maximum absolute atomic E-state index is 12.1. The lowest BCUT2D eigenvalue weighted by Gasteiger charge is -2.33. The normalized spacial score (nSPS) is 16.3. The lowest BCUT2D eigenvalue weighted by Crippen LogP contribution is -2.41. The first kappa shape index (κ1) is 36.0. The molecule has 2 amide bonds. The van der Waals surface area contributed by atoms with Gasteiger partial charge >= 0.3 is 12.2 Å². The lowest BCUT2D eigenvalue weighted by molar-refractivity contribution is 0.0200. The van der Waals surface area contributed by atoms with Crippen LogP contribution in [0.15, 0.2) is 66.2 Å². The fourth-order valence-electron chi connectivity index (χ4n) is 5.16. The van der Waals surface area contributed by atoms with E-state index >= 15 is 0 Å². The van der Waals surface area contributed by atoms with Crippen LogP contribution in [0.25, 0.3) is 11.0 Å². The zero-order chi connectivity index (χ0) is 33.5. The minimum absolute atomic E-state index is 0.166. The molecule has 0 N–H and O–H groups in total. The van der Waals surface area contributed by atoms with Crippen molar-refractivity contribution < 1.29 is 19.1 Å². The summed E-state index contributed by atoms with van der Waals surface area (Å²) in [7, 11) is 0. The number of imidazole rings is 2. The van der Waals surface area contributed by atoms with E-state index in [1.807, 2.05) is 92.3 Å². The van der Waals surface area contributed by atoms with Crippen LogP contribution in [-0.4, -0.2) is 82.1 Å². The third-order valence-electron chi connectivity index (χ3n) is 7.51. The molecule has 6 rings (SSSR count). The molecule has 0 aromatic carbocycles. The molecule has 0 saturated carbocycles. The van der Waals surface area contributed by atoms with Crippen LogP contribution in [0.2, 0.25) is 0 Å². The Morgan fingerprint density at radius 2 is 1.22 bits per heavy atom. The minimum atomic E-state index is -0.430. The average molecular weight is 810 g/mol. The third kappa shape index (κ3) is 11.1. The highest BCUT2D eigenvalue weighted by molar-refractivity contribution is 14.1. The fourth-order valence-corrected chi connectivity index (χ4v) is 6.07. The minimum Gasteiger partial charge on any atom is -0.444 e. The van der Waals surface area contributed by atoms with Gasteiger partial charge in [-0.05, 0) is 103 Å². The zero-order valence-electron chi connectivity index (χ0n) is 27.7. The molecule has 4 aromatic heterocycles. The zero-order valence-corrected chi connectivity index (χ0v) is 31.4. The van der Waals surface area contributed by atoms with Crippen LogP contribution in [0, 0.1) is 0 Å². The first-order chi connectivity index (χ1) is 21.7. The second kappa shape index (κ2) is 15.8. The predicted octanol–water partition coefficient (Wildman–Crippen LogP) is 8.37. The number of piperidine rings is 2. The summed E-state index contributed by atoms with van der Waals surface area (Å²) in [6, 6.07) is 8.35. The second-order valence-corrected chi connectivity index (χ2v) is 16.3. The summed E-state index contributed by atoms with van der Waals surface area (Å²) in [5.41, 5.74) is 2.75. The Hall–Kier alpha value is -2.87. The molecule has 10 nitrogen and oxygen atoms in total. The predicted molar refractivity (Wildman–Crippen MR) is 193 cm³/mol. The van der Waals surface area contributed by atoms with E-state index in [9.17, 15) is 9.59 Å². The van der Waals surface area contributed by atoms with E-state index in [0.717, 1.165) is 67.4 Å². The molecule has 6 heterocycles. The number of likely N-dealkylation sites (tertiary alicyclic amines) is 2. The van der Waals surface area contributed by atoms with Crippen molar-refractivity contribution in [2.75, 3.05) is 26.2 Å². The number of fused-ring (bicyclic) bond motifs is 2. The summed E-state index contributed by atoms with van der Waals surface area (Å²) in [6.07, 6.45) is 15.1. The Morgan fingerprint density at radius 1 is 0.761 bits per heavy atom. The number of aromatic nitrogens is 4. The number of rotatable bonds is 1. The maximum Gasteiger partial charge on any atom is 0.410 e. The standard InChI is InChI=1S/C17H23N3O2.C10H18INO2.C7H5BrN2/c1-17(2,3)22-16(21)19-7-4-13(5-8-19)14-6-9-20-12-18-11-15(20)10-14;1-10(2,3)14-9(13)12-6-4-8(11)5-7-12;8-6-1-2-10-5-9-4-7(10)3-6/h6,9-13H,4-5,7-8H2,1-3H3;8H,4-7H2,1-3H3;1-5H. The van der Waals surface area contributed by atoms with Crippen LogP contribution in [0.5, 0.6) is 0 Å². The summed E-state index contributed by atoms with van der Waals surface area (Å²) in [4.78, 5) is 35.5. The van der Waals surface area contributed by atoms with Gasteiger partial charge in [0.2, 0.25) is 0 Å². The van der Waals surface area contributed by atoms with Gasteiger partial charge < -0.3 is 28.1 Å². The number of halogens is 2. The first-order valence-corrected chi connectivity index (χ1v) is 17.8. The molecule has 2 fully saturated rings. The molecule has 2 saturated heterocycles. The summed E-state index contributed by atoms with van der Waals surface area (Å²) < 4.78 is 16.5. The summed E-state index contributed by atoms with van der Waals surface area (Å²) in [6.45, 7) is 14.6. The number of alkyl halides is 1. The van der Waals surface area contributed by atoms with Gasteiger partial charge in [-0.2, -0.15) is 0 Å². The largest absolute Gasteiger partial charge is 0.444 e. The van der Waals surface area contributed by atoms with Crippen molar-refractivity contribution in [3.8, 4) is 0 Å². The number of carbonyl (C=O) groups excluding carboxylic acids is 2. The van der Waals surface area contributed by atoms with Gasteiger partial charge in [-0.25, -0.2) is 19.6 Å². The molecule has 2 aliphatic heterocycles. The van der Waals surface area contributed by atoms with E-state index in [4.69, 9.17) is 9.47 Å². The number of ether oxygens (including phenoxy) is 2. The van der Waals surface area contributed by atoms with Gasteiger partial charge in [0.15, 0.2) is 0 Å². The number of nitrogens with zero attached hydrogens (tertiary/aromatic N) is 6.